The summed E-state index contributed by atoms with van der Waals surface area (Å²) in [7, 11) is -3.13. The van der Waals surface area contributed by atoms with E-state index in [4.69, 9.17) is 30.7 Å². The van der Waals surface area contributed by atoms with E-state index in [9.17, 15) is 10.1 Å². The number of hydrogen-bond acceptors (Lipinski definition) is 5. The zero-order valence-corrected chi connectivity index (χ0v) is 16.1. The predicted molar refractivity (Wildman–Crippen MR) is 101 cm³/mol. The van der Waals surface area contributed by atoms with Crippen LogP contribution in [0.3, 0.4) is 0 Å². The van der Waals surface area contributed by atoms with Crippen LogP contribution in [0.25, 0.3) is 0 Å². The van der Waals surface area contributed by atoms with E-state index in [1.807, 2.05) is 20.8 Å². The fourth-order valence-corrected chi connectivity index (χ4v) is 2.07. The molecule has 0 atom stereocenters. The fraction of sp³-hybridized carbons (Fsp3) is 0.250. The smallest absolute Gasteiger partial charge is 0.314 e. The minimum atomic E-state index is -3.13. The number of rotatable bonds is 4. The summed E-state index contributed by atoms with van der Waals surface area (Å²) in [4.78, 5) is 25.0. The number of nitrogens with zero attached hydrogens (tertiary/aromatic N) is 1. The number of ether oxygens (including phenoxy) is 1. The van der Waals surface area contributed by atoms with Crippen molar-refractivity contribution in [2.75, 3.05) is 5.32 Å². The molecule has 0 saturated carbocycles. The van der Waals surface area contributed by atoms with Gasteiger partial charge >= 0.3 is 8.25 Å². The zero-order chi connectivity index (χ0) is 19.9. The largest absolute Gasteiger partial charge is 0.456 e. The second-order valence-electron chi connectivity index (χ2n) is 6.13. The number of halogens is 1. The highest BCUT2D eigenvalue weighted by Gasteiger charge is 2.20. The monoisotopic (exact) mass is 402 g/mol. The van der Waals surface area contributed by atoms with Crippen molar-refractivity contribution in [1.82, 2.24) is 0 Å². The van der Waals surface area contributed by atoms with Crippen molar-refractivity contribution in [3.63, 3.8) is 0 Å². The van der Waals surface area contributed by atoms with E-state index in [-0.39, 0.29) is 11.2 Å². The molecule has 142 valence electrons. The van der Waals surface area contributed by atoms with Gasteiger partial charge < -0.3 is 19.8 Å². The van der Waals surface area contributed by atoms with E-state index >= 15 is 0 Å². The quantitative estimate of drug-likeness (QED) is 0.387. The lowest BCUT2D eigenvalue weighted by molar-refractivity contribution is -0.384. The molecule has 0 spiro atoms. The lowest BCUT2D eigenvalue weighted by Gasteiger charge is -2.22. The Kier molecular flexibility index (Phi) is 8.05. The molecule has 0 heterocycles. The SMILES string of the molecule is CC(C)(C)Nc1cc(Oc2ccccc2Cl)ccc1[N+](=O)[O-].O=[PH](O)O. The molecule has 0 saturated heterocycles. The summed E-state index contributed by atoms with van der Waals surface area (Å²) in [5.74, 6) is 0.977. The molecule has 0 amide bonds. The Bertz CT molecular complexity index is 791. The molecule has 0 fully saturated rings. The fourth-order valence-electron chi connectivity index (χ4n) is 1.90. The summed E-state index contributed by atoms with van der Waals surface area (Å²) in [6, 6.07) is 11.6. The van der Waals surface area contributed by atoms with Gasteiger partial charge in [0.2, 0.25) is 0 Å². The van der Waals surface area contributed by atoms with Crippen LogP contribution >= 0.6 is 19.9 Å². The number of hydrogen-bond donors (Lipinski definition) is 3. The summed E-state index contributed by atoms with van der Waals surface area (Å²) >= 11 is 6.05. The van der Waals surface area contributed by atoms with Gasteiger partial charge in [-0.1, -0.05) is 23.7 Å². The summed E-state index contributed by atoms with van der Waals surface area (Å²) in [5, 5.41) is 14.7. The van der Waals surface area contributed by atoms with Crippen LogP contribution in [0.1, 0.15) is 20.8 Å². The summed E-state index contributed by atoms with van der Waals surface area (Å²) in [6.45, 7) is 5.79. The molecule has 0 aliphatic rings. The van der Waals surface area contributed by atoms with E-state index in [0.29, 0.717) is 22.2 Å². The maximum Gasteiger partial charge on any atom is 0.314 e. The summed E-state index contributed by atoms with van der Waals surface area (Å²) < 4.78 is 14.4. The number of para-hydroxylation sites is 1. The van der Waals surface area contributed by atoms with E-state index < -0.39 is 13.2 Å². The summed E-state index contributed by atoms with van der Waals surface area (Å²) in [5.41, 5.74) is 0.0943. The normalized spacial score (nSPS) is 10.7. The molecule has 0 unspecified atom stereocenters. The first kappa shape index (κ1) is 21.9. The van der Waals surface area contributed by atoms with Crippen molar-refractivity contribution in [2.24, 2.45) is 0 Å². The molecule has 8 nitrogen and oxygen atoms in total. The van der Waals surface area contributed by atoms with E-state index in [0.717, 1.165) is 0 Å². The summed E-state index contributed by atoms with van der Waals surface area (Å²) in [6.07, 6.45) is 0. The molecule has 0 bridgehead atoms. The third-order valence-corrected chi connectivity index (χ3v) is 3.05. The third-order valence-electron chi connectivity index (χ3n) is 2.74. The first-order chi connectivity index (χ1) is 12.0. The first-order valence-corrected chi connectivity index (χ1v) is 9.08. The number of nitro groups is 1. The molecule has 2 rings (SSSR count). The highest BCUT2D eigenvalue weighted by molar-refractivity contribution is 7.30. The van der Waals surface area contributed by atoms with Crippen LogP contribution in [-0.2, 0) is 4.57 Å². The minimum Gasteiger partial charge on any atom is -0.456 e. The van der Waals surface area contributed by atoms with Crippen molar-refractivity contribution < 1.29 is 24.0 Å². The van der Waals surface area contributed by atoms with Crippen molar-refractivity contribution >= 4 is 31.2 Å². The van der Waals surface area contributed by atoms with E-state index in [2.05, 4.69) is 5.32 Å². The average Bonchev–Trinajstić information content (AvgIpc) is 2.47. The molecule has 26 heavy (non-hydrogen) atoms. The molecule has 0 aliphatic heterocycles. The van der Waals surface area contributed by atoms with Gasteiger partial charge in [0.15, 0.2) is 0 Å². The van der Waals surface area contributed by atoms with Crippen LogP contribution in [0.2, 0.25) is 5.02 Å². The standard InChI is InChI=1S/C16H17ClN2O3.H3O3P/c1-16(2,3)18-13-10-11(8-9-14(13)19(20)21)22-15-7-5-4-6-12(15)17;1-4(2)3/h4-10,18H,1-3H3;4H,(H2,1,2,3). The van der Waals surface area contributed by atoms with Gasteiger partial charge in [0, 0.05) is 17.7 Å². The molecule has 2 aromatic carbocycles. The Balaban J connectivity index is 0.000000765. The van der Waals surface area contributed by atoms with Crippen molar-refractivity contribution in [3.05, 3.63) is 57.6 Å². The average molecular weight is 403 g/mol. The predicted octanol–water partition coefficient (Wildman–Crippen LogP) is 4.61. The third kappa shape index (κ3) is 7.84. The van der Waals surface area contributed by atoms with E-state index in [1.165, 1.54) is 6.07 Å². The van der Waals surface area contributed by atoms with Gasteiger partial charge in [0.1, 0.15) is 17.2 Å². The van der Waals surface area contributed by atoms with Crippen LogP contribution in [0.5, 0.6) is 11.5 Å². The van der Waals surface area contributed by atoms with Gasteiger partial charge in [-0.2, -0.15) is 0 Å². The maximum absolute atomic E-state index is 11.1. The van der Waals surface area contributed by atoms with Crippen LogP contribution in [-0.4, -0.2) is 20.2 Å². The Morgan fingerprint density at radius 2 is 1.77 bits per heavy atom. The maximum atomic E-state index is 11.1. The number of nitrogens with one attached hydrogen (secondary N) is 1. The second-order valence-corrected chi connectivity index (χ2v) is 7.10. The van der Waals surface area contributed by atoms with Crippen molar-refractivity contribution in [2.45, 2.75) is 26.3 Å². The topological polar surface area (TPSA) is 122 Å². The van der Waals surface area contributed by atoms with Crippen molar-refractivity contribution in [3.8, 4) is 11.5 Å². The van der Waals surface area contributed by atoms with Crippen LogP contribution in [0.4, 0.5) is 11.4 Å². The first-order valence-electron chi connectivity index (χ1n) is 7.40. The molecule has 10 heteroatoms. The van der Waals surface area contributed by atoms with Crippen molar-refractivity contribution in [1.29, 1.82) is 0 Å². The molecular formula is C16H20ClN2O6P. The van der Waals surface area contributed by atoms with Gasteiger partial charge in [0.25, 0.3) is 5.69 Å². The van der Waals surface area contributed by atoms with Gasteiger partial charge in [-0.15, -0.1) is 0 Å². The number of nitro benzene ring substituents is 1. The molecular weight excluding hydrogens is 383 g/mol. The van der Waals surface area contributed by atoms with Crippen LogP contribution in [0.15, 0.2) is 42.5 Å². The van der Waals surface area contributed by atoms with Gasteiger partial charge in [-0.3, -0.25) is 14.7 Å². The molecule has 0 aromatic heterocycles. The van der Waals surface area contributed by atoms with Gasteiger partial charge in [-0.05, 0) is 39.0 Å². The highest BCUT2D eigenvalue weighted by Crippen LogP contribution is 2.35. The van der Waals surface area contributed by atoms with E-state index in [1.54, 1.807) is 36.4 Å². The minimum absolute atomic E-state index is 0.00133. The highest BCUT2D eigenvalue weighted by atomic mass is 35.5. The zero-order valence-electron chi connectivity index (χ0n) is 14.4. The second kappa shape index (κ2) is 9.54. The Hall–Kier alpha value is -2.12. The van der Waals surface area contributed by atoms with Gasteiger partial charge in [-0.25, -0.2) is 0 Å². The van der Waals surface area contributed by atoms with Gasteiger partial charge in [0.05, 0.1) is 9.95 Å². The number of anilines is 1. The Morgan fingerprint density at radius 3 is 2.27 bits per heavy atom. The lowest BCUT2D eigenvalue weighted by atomic mass is 10.1. The lowest BCUT2D eigenvalue weighted by Crippen LogP contribution is -2.26. The molecule has 3 N–H and O–H groups in total. The number of benzene rings is 2. The Morgan fingerprint density at radius 1 is 1.19 bits per heavy atom. The van der Waals surface area contributed by atoms with Crippen LogP contribution in [0, 0.1) is 10.1 Å². The van der Waals surface area contributed by atoms with Crippen LogP contribution < -0.4 is 10.1 Å². The molecule has 2 aromatic rings. The molecule has 0 aliphatic carbocycles. The Labute approximate surface area is 156 Å². The molecule has 0 radical (unpaired) electrons.